The molecular weight excluding hydrogens is 584 g/mol. The van der Waals surface area contributed by atoms with Crippen molar-refractivity contribution in [3.8, 4) is 17.2 Å². The Kier molecular flexibility index (Phi) is 9.35. The van der Waals surface area contributed by atoms with Crippen molar-refractivity contribution in [2.75, 3.05) is 5.32 Å². The number of amidine groups is 1. The van der Waals surface area contributed by atoms with E-state index in [0.29, 0.717) is 34.0 Å². The number of aromatic nitrogens is 1. The van der Waals surface area contributed by atoms with Crippen LogP contribution in [0.15, 0.2) is 101 Å². The monoisotopic (exact) mass is 620 g/mol. The summed E-state index contributed by atoms with van der Waals surface area (Å²) < 4.78 is 0. The van der Waals surface area contributed by atoms with Gasteiger partial charge in [-0.1, -0.05) is 107 Å². The number of anilines is 1. The van der Waals surface area contributed by atoms with Gasteiger partial charge in [-0.3, -0.25) is 9.59 Å². The fourth-order valence-electron chi connectivity index (χ4n) is 5.21. The molecule has 3 aromatic carbocycles. The molecule has 4 aromatic rings. The van der Waals surface area contributed by atoms with Gasteiger partial charge in [0.05, 0.1) is 18.0 Å². The summed E-state index contributed by atoms with van der Waals surface area (Å²) in [6, 6.07) is 28.5. The van der Waals surface area contributed by atoms with Crippen molar-refractivity contribution in [3.63, 3.8) is 0 Å². The van der Waals surface area contributed by atoms with Crippen molar-refractivity contribution >= 4 is 35.1 Å². The molecule has 1 aliphatic rings. The van der Waals surface area contributed by atoms with Gasteiger partial charge < -0.3 is 15.6 Å². The van der Waals surface area contributed by atoms with E-state index in [1.54, 1.807) is 39.0 Å². The van der Waals surface area contributed by atoms with Crippen molar-refractivity contribution in [1.29, 1.82) is 5.26 Å². The Labute approximate surface area is 275 Å². The fourth-order valence-corrected chi connectivity index (χ4v) is 5.21. The zero-order valence-electron chi connectivity index (χ0n) is 27.1. The largest absolute Gasteiger partial charge is 0.340 e. The minimum atomic E-state index is -0.700. The number of benzene rings is 3. The highest BCUT2D eigenvalue weighted by Crippen LogP contribution is 2.39. The van der Waals surface area contributed by atoms with Gasteiger partial charge in [0.2, 0.25) is 11.6 Å². The van der Waals surface area contributed by atoms with E-state index in [2.05, 4.69) is 40.4 Å². The van der Waals surface area contributed by atoms with Crippen LogP contribution in [0, 0.1) is 23.3 Å². The molecule has 0 fully saturated rings. The molecule has 0 bridgehead atoms. The lowest BCUT2D eigenvalue weighted by Crippen LogP contribution is -2.30. The lowest BCUT2D eigenvalue weighted by molar-refractivity contribution is -0.123. The molecule has 8 heteroatoms. The standard InChI is InChI=1S/C39H36N6O2/c1-7-24(2)25-18-20-28(21-19-25)37(46)44-36-34(41-6)33(27-16-12-9-13-17-27)31(43-36)22-30-32(26-14-10-8-11-15-26)29(23-40)35(42-30)45-38(47)39(3,4)5/h8-22,24,42H,7H2,1-5H3,(H,45,47)(H,43,44,46). The number of aromatic amines is 1. The van der Waals surface area contributed by atoms with Gasteiger partial charge in [-0.2, -0.15) is 5.26 Å². The minimum absolute atomic E-state index is 0.135. The number of H-pyrrole nitrogens is 1. The molecule has 2 amide bonds. The van der Waals surface area contributed by atoms with Crippen LogP contribution in [-0.2, 0) is 4.79 Å². The molecule has 0 saturated carbocycles. The molecule has 2 heterocycles. The first-order valence-corrected chi connectivity index (χ1v) is 15.5. The van der Waals surface area contributed by atoms with Gasteiger partial charge in [0.15, 0.2) is 0 Å². The van der Waals surface area contributed by atoms with Crippen molar-refractivity contribution in [3.05, 3.63) is 136 Å². The first-order chi connectivity index (χ1) is 22.5. The lowest BCUT2D eigenvalue weighted by atomic mass is 9.95. The van der Waals surface area contributed by atoms with E-state index < -0.39 is 5.41 Å². The van der Waals surface area contributed by atoms with Crippen molar-refractivity contribution in [1.82, 2.24) is 10.3 Å². The smallest absolute Gasteiger partial charge is 0.255 e. The van der Waals surface area contributed by atoms with Crippen LogP contribution in [0.2, 0.25) is 0 Å². The zero-order chi connectivity index (χ0) is 33.7. The fraction of sp³-hybridized carbons (Fsp3) is 0.205. The Bertz CT molecular complexity index is 2000. The van der Waals surface area contributed by atoms with Crippen molar-refractivity contribution in [2.24, 2.45) is 10.4 Å². The minimum Gasteiger partial charge on any atom is -0.340 e. The molecule has 5 rings (SSSR count). The quantitative estimate of drug-likeness (QED) is 0.180. The van der Waals surface area contributed by atoms with E-state index in [-0.39, 0.29) is 34.7 Å². The van der Waals surface area contributed by atoms with Crippen LogP contribution < -0.4 is 10.6 Å². The number of hydrogen-bond donors (Lipinski definition) is 3. The first kappa shape index (κ1) is 32.4. The number of carbonyl (C=O) groups excluding carboxylic acids is 2. The molecule has 0 radical (unpaired) electrons. The summed E-state index contributed by atoms with van der Waals surface area (Å²) in [6.45, 7) is 17.8. The molecule has 1 aromatic heterocycles. The third-order valence-corrected chi connectivity index (χ3v) is 8.11. The number of nitrogens with zero attached hydrogens (tertiary/aromatic N) is 3. The third kappa shape index (κ3) is 6.83. The normalized spacial score (nSPS) is 14.3. The molecular formula is C39H36N6O2. The predicted octanol–water partition coefficient (Wildman–Crippen LogP) is 8.57. The zero-order valence-corrected chi connectivity index (χ0v) is 27.1. The number of allylic oxidation sites excluding steroid dienone is 1. The Balaban J connectivity index is 1.65. The summed E-state index contributed by atoms with van der Waals surface area (Å²) in [5.41, 5.74) is 4.92. The molecule has 1 atom stereocenters. The third-order valence-electron chi connectivity index (χ3n) is 8.11. The number of nitrogens with one attached hydrogen (secondary N) is 3. The van der Waals surface area contributed by atoms with Crippen molar-refractivity contribution < 1.29 is 9.59 Å². The van der Waals surface area contributed by atoms with Gasteiger partial charge in [-0.05, 0) is 47.2 Å². The summed E-state index contributed by atoms with van der Waals surface area (Å²) >= 11 is 0. The molecule has 234 valence electrons. The van der Waals surface area contributed by atoms with Gasteiger partial charge >= 0.3 is 0 Å². The Morgan fingerprint density at radius 1 is 0.979 bits per heavy atom. The van der Waals surface area contributed by atoms with Crippen LogP contribution in [0.25, 0.3) is 27.6 Å². The number of nitriles is 1. The molecule has 3 N–H and O–H groups in total. The average Bonchev–Trinajstić information content (AvgIpc) is 3.60. The Hall–Kier alpha value is -5.99. The lowest BCUT2D eigenvalue weighted by Gasteiger charge is -2.17. The second-order valence-electron chi connectivity index (χ2n) is 12.4. The summed E-state index contributed by atoms with van der Waals surface area (Å²) in [5, 5.41) is 16.1. The highest BCUT2D eigenvalue weighted by Gasteiger charge is 2.30. The maximum absolute atomic E-state index is 13.4. The second kappa shape index (κ2) is 13.6. The number of rotatable bonds is 7. The van der Waals surface area contributed by atoms with Gasteiger partial charge in [0.1, 0.15) is 23.3 Å². The van der Waals surface area contributed by atoms with E-state index in [9.17, 15) is 14.9 Å². The van der Waals surface area contributed by atoms with Gasteiger partial charge in [-0.15, -0.1) is 0 Å². The van der Waals surface area contributed by atoms with Gasteiger partial charge in [0.25, 0.3) is 5.91 Å². The summed E-state index contributed by atoms with van der Waals surface area (Å²) in [5.74, 6) is 0.149. The number of amides is 2. The Morgan fingerprint density at radius 2 is 1.60 bits per heavy atom. The van der Waals surface area contributed by atoms with Crippen LogP contribution in [0.4, 0.5) is 5.82 Å². The van der Waals surface area contributed by atoms with E-state index in [1.807, 2.05) is 72.8 Å². The Morgan fingerprint density at radius 3 is 2.15 bits per heavy atom. The van der Waals surface area contributed by atoms with E-state index in [4.69, 9.17) is 11.6 Å². The highest BCUT2D eigenvalue weighted by atomic mass is 16.2. The number of carbonyl (C=O) groups is 2. The van der Waals surface area contributed by atoms with Crippen molar-refractivity contribution in [2.45, 2.75) is 47.0 Å². The summed E-state index contributed by atoms with van der Waals surface area (Å²) in [6.07, 6.45) is 2.75. The molecule has 8 nitrogen and oxygen atoms in total. The van der Waals surface area contributed by atoms with Crippen LogP contribution in [-0.4, -0.2) is 22.6 Å². The predicted molar refractivity (Wildman–Crippen MR) is 187 cm³/mol. The maximum Gasteiger partial charge on any atom is 0.255 e. The molecule has 1 unspecified atom stereocenters. The van der Waals surface area contributed by atoms with E-state index >= 15 is 0 Å². The van der Waals surface area contributed by atoms with Crippen LogP contribution in [0.3, 0.4) is 0 Å². The molecule has 0 saturated heterocycles. The number of aliphatic imine (C=N–C) groups is 1. The molecule has 1 aliphatic heterocycles. The SMILES string of the molecule is [C-]#[N+]C1=C(c2ccccc2)C(=Cc2[nH]c(NC(=O)C(C)(C)C)c(C#N)c2-c2ccccc2)N=C1NC(=O)c1ccc(C(C)CC)cc1. The van der Waals surface area contributed by atoms with E-state index in [1.165, 1.54) is 0 Å². The van der Waals surface area contributed by atoms with E-state index in [0.717, 1.165) is 23.1 Å². The topological polar surface area (TPSA) is 114 Å². The average molecular weight is 621 g/mol. The van der Waals surface area contributed by atoms with Crippen LogP contribution in [0.1, 0.15) is 79.7 Å². The van der Waals surface area contributed by atoms with Gasteiger partial charge in [0, 0.05) is 22.1 Å². The van der Waals surface area contributed by atoms with Crippen LogP contribution in [0.5, 0.6) is 0 Å². The first-order valence-electron chi connectivity index (χ1n) is 15.5. The second-order valence-corrected chi connectivity index (χ2v) is 12.4. The summed E-state index contributed by atoms with van der Waals surface area (Å²) in [4.78, 5) is 38.3. The maximum atomic E-state index is 13.4. The summed E-state index contributed by atoms with van der Waals surface area (Å²) in [7, 11) is 0. The molecule has 47 heavy (non-hydrogen) atoms. The number of hydrogen-bond acceptors (Lipinski definition) is 4. The highest BCUT2D eigenvalue weighted by molar-refractivity contribution is 6.21. The molecule has 0 spiro atoms. The van der Waals surface area contributed by atoms with Gasteiger partial charge in [-0.25, -0.2) is 9.84 Å². The van der Waals surface area contributed by atoms with Crippen LogP contribution >= 0.6 is 0 Å². The molecule has 0 aliphatic carbocycles.